The van der Waals surface area contributed by atoms with E-state index >= 15 is 0 Å². The standard InChI is InChI=1S/C15H26NSi/c1-5-6-9-12-17(15(2,3)4)13-14-10-7-8-11-16-14/h7-8,10-11H,5-6,9,12-13H2,1-4H3. The maximum Gasteiger partial charge on any atom is 0.0602 e. The van der Waals surface area contributed by atoms with Gasteiger partial charge in [0.2, 0.25) is 0 Å². The molecule has 2 heteroatoms. The third-order valence-corrected chi connectivity index (χ3v) is 7.13. The van der Waals surface area contributed by atoms with Gasteiger partial charge < -0.3 is 0 Å². The molecule has 0 spiro atoms. The molecule has 1 aromatic rings. The predicted octanol–water partition coefficient (Wildman–Crippen LogP) is 4.65. The molecule has 0 amide bonds. The van der Waals surface area contributed by atoms with E-state index in [0.29, 0.717) is 5.04 Å². The molecule has 0 saturated heterocycles. The number of hydrogen-bond acceptors (Lipinski definition) is 1. The van der Waals surface area contributed by atoms with E-state index in [2.05, 4.69) is 44.8 Å². The lowest BCUT2D eigenvalue weighted by molar-refractivity contribution is 0.698. The highest BCUT2D eigenvalue weighted by Gasteiger charge is 2.26. The lowest BCUT2D eigenvalue weighted by Gasteiger charge is -2.29. The van der Waals surface area contributed by atoms with Crippen molar-refractivity contribution in [1.29, 1.82) is 0 Å². The Hall–Kier alpha value is -0.633. The molecule has 0 bridgehead atoms. The van der Waals surface area contributed by atoms with Crippen LogP contribution in [-0.2, 0) is 6.04 Å². The van der Waals surface area contributed by atoms with Gasteiger partial charge in [-0.25, -0.2) is 0 Å². The van der Waals surface area contributed by atoms with Gasteiger partial charge in [0, 0.05) is 11.9 Å². The van der Waals surface area contributed by atoms with E-state index in [1.807, 2.05) is 12.3 Å². The monoisotopic (exact) mass is 248 g/mol. The van der Waals surface area contributed by atoms with Gasteiger partial charge in [0.15, 0.2) is 0 Å². The summed E-state index contributed by atoms with van der Waals surface area (Å²) in [5, 5.41) is 0.482. The van der Waals surface area contributed by atoms with Crippen molar-refractivity contribution in [3.63, 3.8) is 0 Å². The molecule has 1 radical (unpaired) electrons. The first kappa shape index (κ1) is 14.4. The van der Waals surface area contributed by atoms with Crippen molar-refractivity contribution < 1.29 is 0 Å². The first-order valence-corrected chi connectivity index (χ1v) is 8.70. The Balaban J connectivity index is 2.58. The molecule has 1 heterocycles. The highest BCUT2D eigenvalue weighted by Crippen LogP contribution is 2.32. The molecule has 1 rings (SSSR count). The molecule has 0 atom stereocenters. The summed E-state index contributed by atoms with van der Waals surface area (Å²) in [4.78, 5) is 4.49. The van der Waals surface area contributed by atoms with Crippen LogP contribution in [0.3, 0.4) is 0 Å². The van der Waals surface area contributed by atoms with Crippen molar-refractivity contribution in [2.75, 3.05) is 0 Å². The van der Waals surface area contributed by atoms with Crippen LogP contribution in [-0.4, -0.2) is 13.8 Å². The zero-order valence-corrected chi connectivity index (χ0v) is 12.8. The smallest absolute Gasteiger partial charge is 0.0602 e. The van der Waals surface area contributed by atoms with Crippen LogP contribution >= 0.6 is 0 Å². The summed E-state index contributed by atoms with van der Waals surface area (Å²) in [5.74, 6) is 0. The minimum atomic E-state index is -0.347. The van der Waals surface area contributed by atoms with E-state index in [0.717, 1.165) is 0 Å². The molecule has 0 saturated carbocycles. The molecular weight excluding hydrogens is 222 g/mol. The summed E-state index contributed by atoms with van der Waals surface area (Å²) >= 11 is 0. The summed E-state index contributed by atoms with van der Waals surface area (Å²) in [6.45, 7) is 9.48. The van der Waals surface area contributed by atoms with E-state index in [1.165, 1.54) is 37.0 Å². The zero-order valence-electron chi connectivity index (χ0n) is 11.8. The van der Waals surface area contributed by atoms with Crippen molar-refractivity contribution in [2.45, 2.75) is 64.1 Å². The van der Waals surface area contributed by atoms with Crippen LogP contribution in [0.5, 0.6) is 0 Å². The third kappa shape index (κ3) is 5.49. The summed E-state index contributed by atoms with van der Waals surface area (Å²) in [6.07, 6.45) is 6.02. The van der Waals surface area contributed by atoms with Gasteiger partial charge in [0.25, 0.3) is 0 Å². The van der Waals surface area contributed by atoms with E-state index in [-0.39, 0.29) is 8.80 Å². The molecule has 1 aromatic heterocycles. The van der Waals surface area contributed by atoms with Gasteiger partial charge in [0.1, 0.15) is 0 Å². The number of nitrogens with zero attached hydrogens (tertiary/aromatic N) is 1. The molecule has 0 N–H and O–H groups in total. The van der Waals surface area contributed by atoms with Gasteiger partial charge in [-0.3, -0.25) is 4.98 Å². The molecule has 1 nitrogen and oxygen atoms in total. The molecular formula is C15H26NSi. The van der Waals surface area contributed by atoms with E-state index in [1.54, 1.807) is 0 Å². The van der Waals surface area contributed by atoms with Crippen LogP contribution in [0, 0.1) is 0 Å². The first-order valence-electron chi connectivity index (χ1n) is 6.79. The van der Waals surface area contributed by atoms with Crippen LogP contribution in [0.25, 0.3) is 0 Å². The first-order chi connectivity index (χ1) is 8.04. The van der Waals surface area contributed by atoms with Crippen molar-refractivity contribution in [3.8, 4) is 0 Å². The van der Waals surface area contributed by atoms with Crippen LogP contribution in [0.15, 0.2) is 24.4 Å². The topological polar surface area (TPSA) is 12.9 Å². The minimum absolute atomic E-state index is 0.347. The van der Waals surface area contributed by atoms with Crippen molar-refractivity contribution in [3.05, 3.63) is 30.1 Å². The second-order valence-corrected chi connectivity index (χ2v) is 9.37. The highest BCUT2D eigenvalue weighted by molar-refractivity contribution is 6.61. The fourth-order valence-corrected chi connectivity index (χ4v) is 4.82. The average Bonchev–Trinajstić information content (AvgIpc) is 2.28. The van der Waals surface area contributed by atoms with Gasteiger partial charge in [-0.15, -0.1) is 0 Å². The summed E-state index contributed by atoms with van der Waals surface area (Å²) in [7, 11) is -0.347. The SMILES string of the molecule is CCCCC[Si](Cc1ccccn1)C(C)(C)C. The van der Waals surface area contributed by atoms with Crippen LogP contribution in [0.2, 0.25) is 11.1 Å². The second kappa shape index (κ2) is 6.95. The Bertz CT molecular complexity index is 302. The molecule has 0 fully saturated rings. The molecule has 17 heavy (non-hydrogen) atoms. The Morgan fingerprint density at radius 2 is 1.94 bits per heavy atom. The molecule has 95 valence electrons. The van der Waals surface area contributed by atoms with E-state index in [4.69, 9.17) is 0 Å². The Kier molecular flexibility index (Phi) is 5.90. The maximum absolute atomic E-state index is 4.49. The quantitative estimate of drug-likeness (QED) is 0.527. The van der Waals surface area contributed by atoms with E-state index in [9.17, 15) is 0 Å². The fourth-order valence-electron chi connectivity index (χ4n) is 2.04. The normalized spacial score (nSPS) is 12.1. The van der Waals surface area contributed by atoms with Crippen LogP contribution in [0.1, 0.15) is 52.7 Å². The lowest BCUT2D eigenvalue weighted by atomic mass is 10.2. The van der Waals surface area contributed by atoms with Gasteiger partial charge in [-0.1, -0.05) is 59.1 Å². The summed E-state index contributed by atoms with van der Waals surface area (Å²) in [5.41, 5.74) is 1.29. The zero-order chi connectivity index (χ0) is 12.7. The largest absolute Gasteiger partial charge is 0.262 e. The van der Waals surface area contributed by atoms with E-state index < -0.39 is 0 Å². The Morgan fingerprint density at radius 3 is 2.47 bits per heavy atom. The van der Waals surface area contributed by atoms with Crippen LogP contribution < -0.4 is 0 Å². The third-order valence-electron chi connectivity index (χ3n) is 3.26. The van der Waals surface area contributed by atoms with Crippen molar-refractivity contribution in [2.24, 2.45) is 0 Å². The number of aromatic nitrogens is 1. The maximum atomic E-state index is 4.49. The Morgan fingerprint density at radius 1 is 1.18 bits per heavy atom. The fraction of sp³-hybridized carbons (Fsp3) is 0.667. The summed E-state index contributed by atoms with van der Waals surface area (Å²) < 4.78 is 0. The van der Waals surface area contributed by atoms with Crippen LogP contribution in [0.4, 0.5) is 0 Å². The van der Waals surface area contributed by atoms with Gasteiger partial charge in [0.05, 0.1) is 8.80 Å². The summed E-state index contributed by atoms with van der Waals surface area (Å²) in [6, 6.07) is 8.94. The molecule has 0 unspecified atom stereocenters. The van der Waals surface area contributed by atoms with Gasteiger partial charge in [-0.05, 0) is 23.2 Å². The molecule has 0 aliphatic rings. The van der Waals surface area contributed by atoms with Crippen molar-refractivity contribution in [1.82, 2.24) is 4.98 Å². The molecule has 0 aliphatic carbocycles. The minimum Gasteiger partial charge on any atom is -0.262 e. The predicted molar refractivity (Wildman–Crippen MR) is 77.7 cm³/mol. The average molecular weight is 248 g/mol. The molecule has 0 aliphatic heterocycles. The number of rotatable bonds is 6. The van der Waals surface area contributed by atoms with Gasteiger partial charge in [-0.2, -0.15) is 0 Å². The molecule has 0 aromatic carbocycles. The lowest BCUT2D eigenvalue weighted by Crippen LogP contribution is -2.28. The number of unbranched alkanes of at least 4 members (excludes halogenated alkanes) is 2. The number of pyridine rings is 1. The number of hydrogen-bond donors (Lipinski definition) is 0. The van der Waals surface area contributed by atoms with Gasteiger partial charge >= 0.3 is 0 Å². The Labute approximate surface area is 108 Å². The van der Waals surface area contributed by atoms with Crippen molar-refractivity contribution >= 4 is 8.80 Å². The highest BCUT2D eigenvalue weighted by atomic mass is 28.3. The second-order valence-electron chi connectivity index (χ2n) is 5.81.